The summed E-state index contributed by atoms with van der Waals surface area (Å²) in [4.78, 5) is 5.01. The maximum absolute atomic E-state index is 5.39. The van der Waals surface area contributed by atoms with Crippen LogP contribution in [0, 0.1) is 0 Å². The summed E-state index contributed by atoms with van der Waals surface area (Å²) in [5.41, 5.74) is 0. The van der Waals surface area contributed by atoms with Crippen LogP contribution in [0.3, 0.4) is 0 Å². The number of halogens is 2. The molecule has 0 atom stereocenters. The van der Waals surface area contributed by atoms with E-state index in [1.54, 1.807) is 0 Å². The molecule has 0 amide bonds. The standard InChI is InChI=1S/C12H27N3O.2ClH/c1-3-14(11-12-16-4-2)9-10-15-7-5-13-6-8-15;;/h13H,3-12H2,1-2H3;2*1H. The second-order valence-corrected chi connectivity index (χ2v) is 4.22. The summed E-state index contributed by atoms with van der Waals surface area (Å²) >= 11 is 0. The van der Waals surface area contributed by atoms with Crippen LogP contribution in [-0.2, 0) is 4.74 Å². The Morgan fingerprint density at radius 2 is 1.78 bits per heavy atom. The number of ether oxygens (including phenoxy) is 1. The van der Waals surface area contributed by atoms with Gasteiger partial charge in [-0.15, -0.1) is 24.8 Å². The number of nitrogens with one attached hydrogen (secondary N) is 1. The van der Waals surface area contributed by atoms with Crippen LogP contribution in [0.25, 0.3) is 0 Å². The molecule has 0 spiro atoms. The van der Waals surface area contributed by atoms with Gasteiger partial charge in [-0.3, -0.25) is 4.90 Å². The minimum Gasteiger partial charge on any atom is -0.380 e. The molecule has 112 valence electrons. The predicted molar refractivity (Wildman–Crippen MR) is 82.4 cm³/mol. The van der Waals surface area contributed by atoms with Crippen molar-refractivity contribution in [1.29, 1.82) is 0 Å². The number of rotatable bonds is 8. The van der Waals surface area contributed by atoms with Gasteiger partial charge in [0.25, 0.3) is 0 Å². The third kappa shape index (κ3) is 9.36. The van der Waals surface area contributed by atoms with Gasteiger partial charge in [0.05, 0.1) is 6.61 Å². The van der Waals surface area contributed by atoms with Gasteiger partial charge in [0.1, 0.15) is 0 Å². The van der Waals surface area contributed by atoms with E-state index >= 15 is 0 Å². The molecule has 0 aromatic carbocycles. The molecule has 0 radical (unpaired) electrons. The lowest BCUT2D eigenvalue weighted by Crippen LogP contribution is -2.46. The first-order chi connectivity index (χ1) is 7.86. The van der Waals surface area contributed by atoms with E-state index < -0.39 is 0 Å². The Bertz CT molecular complexity index is 169. The van der Waals surface area contributed by atoms with Crippen LogP contribution in [0.5, 0.6) is 0 Å². The Morgan fingerprint density at radius 1 is 1.11 bits per heavy atom. The van der Waals surface area contributed by atoms with E-state index in [4.69, 9.17) is 4.74 Å². The first-order valence-corrected chi connectivity index (χ1v) is 6.60. The van der Waals surface area contributed by atoms with Crippen molar-refractivity contribution in [3.05, 3.63) is 0 Å². The average Bonchev–Trinajstić information content (AvgIpc) is 2.35. The highest BCUT2D eigenvalue weighted by atomic mass is 35.5. The van der Waals surface area contributed by atoms with Gasteiger partial charge in [-0.05, 0) is 13.5 Å². The van der Waals surface area contributed by atoms with Crippen molar-refractivity contribution in [2.45, 2.75) is 13.8 Å². The quantitative estimate of drug-likeness (QED) is 0.680. The second-order valence-electron chi connectivity index (χ2n) is 4.22. The topological polar surface area (TPSA) is 27.7 Å². The third-order valence-electron chi connectivity index (χ3n) is 3.15. The van der Waals surface area contributed by atoms with Crippen LogP contribution in [0.4, 0.5) is 0 Å². The van der Waals surface area contributed by atoms with Crippen LogP contribution in [0.2, 0.25) is 0 Å². The van der Waals surface area contributed by atoms with Gasteiger partial charge in [-0.25, -0.2) is 0 Å². The Balaban J connectivity index is 0. The maximum Gasteiger partial charge on any atom is 0.0593 e. The highest BCUT2D eigenvalue weighted by Gasteiger charge is 2.10. The molecule has 1 rings (SSSR count). The fourth-order valence-corrected chi connectivity index (χ4v) is 1.98. The van der Waals surface area contributed by atoms with E-state index in [0.29, 0.717) is 0 Å². The first-order valence-electron chi connectivity index (χ1n) is 6.60. The van der Waals surface area contributed by atoms with Crippen LogP contribution >= 0.6 is 24.8 Å². The monoisotopic (exact) mass is 301 g/mol. The summed E-state index contributed by atoms with van der Waals surface area (Å²) in [7, 11) is 0. The number of likely N-dealkylation sites (N-methyl/N-ethyl adjacent to an activating group) is 1. The Hall–Kier alpha value is 0.420. The molecule has 18 heavy (non-hydrogen) atoms. The molecule has 0 saturated carbocycles. The second kappa shape index (κ2) is 13.8. The third-order valence-corrected chi connectivity index (χ3v) is 3.15. The van der Waals surface area contributed by atoms with Crippen molar-refractivity contribution in [2.75, 3.05) is 65.6 Å². The van der Waals surface area contributed by atoms with Gasteiger partial charge >= 0.3 is 0 Å². The van der Waals surface area contributed by atoms with Crippen molar-refractivity contribution in [3.8, 4) is 0 Å². The molecular weight excluding hydrogens is 273 g/mol. The van der Waals surface area contributed by atoms with Crippen molar-refractivity contribution in [2.24, 2.45) is 0 Å². The Kier molecular flexibility index (Phi) is 15.9. The molecule has 0 aromatic rings. The molecule has 0 aliphatic carbocycles. The van der Waals surface area contributed by atoms with Gasteiger partial charge in [0.15, 0.2) is 0 Å². The smallest absolute Gasteiger partial charge is 0.0593 e. The zero-order valence-corrected chi connectivity index (χ0v) is 13.3. The van der Waals surface area contributed by atoms with Gasteiger partial charge in [-0.2, -0.15) is 0 Å². The summed E-state index contributed by atoms with van der Waals surface area (Å²) in [5.74, 6) is 0. The number of piperazine rings is 1. The molecule has 1 N–H and O–H groups in total. The molecule has 1 aliphatic rings. The molecular formula is C12H29Cl2N3O. The van der Waals surface area contributed by atoms with Gasteiger partial charge in [0, 0.05) is 52.4 Å². The van der Waals surface area contributed by atoms with Crippen molar-refractivity contribution in [1.82, 2.24) is 15.1 Å². The molecule has 1 aliphatic heterocycles. The summed E-state index contributed by atoms with van der Waals surface area (Å²) < 4.78 is 5.39. The van der Waals surface area contributed by atoms with Gasteiger partial charge < -0.3 is 15.0 Å². The molecule has 0 unspecified atom stereocenters. The van der Waals surface area contributed by atoms with Crippen LogP contribution in [0.15, 0.2) is 0 Å². The molecule has 0 bridgehead atoms. The predicted octanol–water partition coefficient (Wildman–Crippen LogP) is 1.09. The van der Waals surface area contributed by atoms with Gasteiger partial charge in [0.2, 0.25) is 0 Å². The average molecular weight is 302 g/mol. The highest BCUT2D eigenvalue weighted by Crippen LogP contribution is 1.95. The van der Waals surface area contributed by atoms with E-state index in [0.717, 1.165) is 39.4 Å². The van der Waals surface area contributed by atoms with E-state index in [2.05, 4.69) is 29.0 Å². The highest BCUT2D eigenvalue weighted by molar-refractivity contribution is 5.85. The normalized spacial score (nSPS) is 16.2. The number of hydrogen-bond acceptors (Lipinski definition) is 4. The summed E-state index contributed by atoms with van der Waals surface area (Å²) in [6.45, 7) is 15.2. The minimum absolute atomic E-state index is 0. The zero-order valence-electron chi connectivity index (χ0n) is 11.7. The maximum atomic E-state index is 5.39. The summed E-state index contributed by atoms with van der Waals surface area (Å²) in [6.07, 6.45) is 0. The fraction of sp³-hybridized carbons (Fsp3) is 1.00. The zero-order chi connectivity index (χ0) is 11.6. The van der Waals surface area contributed by atoms with Crippen LogP contribution in [-0.4, -0.2) is 75.4 Å². The molecule has 4 nitrogen and oxygen atoms in total. The molecule has 1 heterocycles. The fourth-order valence-electron chi connectivity index (χ4n) is 1.98. The number of nitrogens with zero attached hydrogens (tertiary/aromatic N) is 2. The summed E-state index contributed by atoms with van der Waals surface area (Å²) in [6, 6.07) is 0. The van der Waals surface area contributed by atoms with Gasteiger partial charge in [-0.1, -0.05) is 6.92 Å². The lowest BCUT2D eigenvalue weighted by molar-refractivity contribution is 0.108. The van der Waals surface area contributed by atoms with Crippen LogP contribution in [0.1, 0.15) is 13.8 Å². The summed E-state index contributed by atoms with van der Waals surface area (Å²) in [5, 5.41) is 3.38. The Morgan fingerprint density at radius 3 is 2.33 bits per heavy atom. The van der Waals surface area contributed by atoms with Crippen LogP contribution < -0.4 is 5.32 Å². The Labute approximate surface area is 124 Å². The van der Waals surface area contributed by atoms with E-state index in [1.165, 1.54) is 26.2 Å². The van der Waals surface area contributed by atoms with Crippen molar-refractivity contribution >= 4 is 24.8 Å². The molecule has 1 fully saturated rings. The lowest BCUT2D eigenvalue weighted by atomic mass is 10.3. The molecule has 6 heteroatoms. The molecule has 1 saturated heterocycles. The van der Waals surface area contributed by atoms with E-state index in [1.807, 2.05) is 0 Å². The first kappa shape index (κ1) is 20.7. The lowest BCUT2D eigenvalue weighted by Gasteiger charge is -2.29. The minimum atomic E-state index is 0. The SMILES string of the molecule is CCOCCN(CC)CCN1CCNCC1.Cl.Cl. The molecule has 0 aromatic heterocycles. The largest absolute Gasteiger partial charge is 0.380 e. The van der Waals surface area contributed by atoms with Crippen molar-refractivity contribution < 1.29 is 4.74 Å². The number of hydrogen-bond donors (Lipinski definition) is 1. The van der Waals surface area contributed by atoms with E-state index in [9.17, 15) is 0 Å². The van der Waals surface area contributed by atoms with E-state index in [-0.39, 0.29) is 24.8 Å². The van der Waals surface area contributed by atoms with Crippen molar-refractivity contribution in [3.63, 3.8) is 0 Å².